The number of amides is 1. The average molecular weight is 348 g/mol. The fourth-order valence-corrected chi connectivity index (χ4v) is 2.99. The lowest BCUT2D eigenvalue weighted by atomic mass is 9.95. The van der Waals surface area contributed by atoms with Gasteiger partial charge in [0.15, 0.2) is 5.96 Å². The highest BCUT2D eigenvalue weighted by molar-refractivity contribution is 5.81. The van der Waals surface area contributed by atoms with E-state index in [0.29, 0.717) is 31.5 Å². The van der Waals surface area contributed by atoms with E-state index in [1.165, 1.54) is 31.4 Å². The van der Waals surface area contributed by atoms with E-state index < -0.39 is 0 Å². The maximum absolute atomic E-state index is 13.2. The van der Waals surface area contributed by atoms with E-state index in [-0.39, 0.29) is 11.7 Å². The predicted octanol–water partition coefficient (Wildman–Crippen LogP) is 2.72. The van der Waals surface area contributed by atoms with Gasteiger partial charge in [-0.3, -0.25) is 4.79 Å². The van der Waals surface area contributed by atoms with E-state index in [1.807, 2.05) is 13.0 Å². The smallest absolute Gasteiger partial charge is 0.221 e. The van der Waals surface area contributed by atoms with Gasteiger partial charge in [-0.05, 0) is 37.5 Å². The van der Waals surface area contributed by atoms with Gasteiger partial charge < -0.3 is 16.0 Å². The molecule has 1 saturated carbocycles. The van der Waals surface area contributed by atoms with Gasteiger partial charge in [0.25, 0.3) is 0 Å². The summed E-state index contributed by atoms with van der Waals surface area (Å²) in [6, 6.07) is 6.76. The van der Waals surface area contributed by atoms with Gasteiger partial charge in [-0.25, -0.2) is 9.38 Å². The number of carbonyl (C=O) groups excluding carboxylic acids is 1. The van der Waals surface area contributed by atoms with Crippen LogP contribution in [-0.4, -0.2) is 31.0 Å². The molecule has 2 rings (SSSR count). The number of benzene rings is 1. The predicted molar refractivity (Wildman–Crippen MR) is 98.9 cm³/mol. The zero-order valence-corrected chi connectivity index (χ0v) is 15.0. The van der Waals surface area contributed by atoms with Gasteiger partial charge in [0.2, 0.25) is 5.91 Å². The summed E-state index contributed by atoms with van der Waals surface area (Å²) in [5.74, 6) is 0.461. The first-order valence-electron chi connectivity index (χ1n) is 9.23. The van der Waals surface area contributed by atoms with Crippen molar-refractivity contribution >= 4 is 11.9 Å². The Morgan fingerprint density at radius 2 is 2.04 bits per heavy atom. The van der Waals surface area contributed by atoms with Crippen LogP contribution in [0.5, 0.6) is 0 Å². The number of nitrogens with zero attached hydrogens (tertiary/aromatic N) is 1. The molecular formula is C19H29FN4O. The first-order valence-corrected chi connectivity index (χ1v) is 9.23. The number of hydrogen-bond donors (Lipinski definition) is 3. The lowest BCUT2D eigenvalue weighted by Crippen LogP contribution is -2.41. The van der Waals surface area contributed by atoms with Gasteiger partial charge >= 0.3 is 0 Å². The molecule has 0 aromatic heterocycles. The minimum absolute atomic E-state index is 0.0837. The molecule has 1 aromatic carbocycles. The Balaban J connectivity index is 1.74. The molecule has 1 aliphatic carbocycles. The third-order valence-electron chi connectivity index (χ3n) is 4.27. The second-order valence-electron chi connectivity index (χ2n) is 6.40. The zero-order valence-electron chi connectivity index (χ0n) is 15.0. The molecule has 0 aliphatic heterocycles. The number of carbonyl (C=O) groups is 1. The van der Waals surface area contributed by atoms with Crippen LogP contribution in [0.3, 0.4) is 0 Å². The number of guanidine groups is 1. The van der Waals surface area contributed by atoms with Crippen LogP contribution in [0.2, 0.25) is 0 Å². The summed E-state index contributed by atoms with van der Waals surface area (Å²) in [5, 5.41) is 9.40. The number of nitrogens with one attached hydrogen (secondary N) is 3. The molecule has 0 unspecified atom stereocenters. The average Bonchev–Trinajstić information content (AvgIpc) is 2.60. The summed E-state index contributed by atoms with van der Waals surface area (Å²) in [5.41, 5.74) is 0.812. The highest BCUT2D eigenvalue weighted by Crippen LogP contribution is 2.17. The molecule has 25 heavy (non-hydrogen) atoms. The van der Waals surface area contributed by atoms with Crippen LogP contribution in [0.4, 0.5) is 4.39 Å². The molecule has 3 N–H and O–H groups in total. The van der Waals surface area contributed by atoms with Gasteiger partial charge in [0.1, 0.15) is 5.82 Å². The van der Waals surface area contributed by atoms with E-state index in [2.05, 4.69) is 20.9 Å². The van der Waals surface area contributed by atoms with Gasteiger partial charge in [0, 0.05) is 25.6 Å². The van der Waals surface area contributed by atoms with Crippen LogP contribution in [0.25, 0.3) is 0 Å². The molecule has 0 radical (unpaired) electrons. The van der Waals surface area contributed by atoms with Crippen molar-refractivity contribution in [3.63, 3.8) is 0 Å². The molecular weight excluding hydrogens is 319 g/mol. The first-order chi connectivity index (χ1) is 12.2. The van der Waals surface area contributed by atoms with E-state index in [9.17, 15) is 9.18 Å². The summed E-state index contributed by atoms with van der Waals surface area (Å²) in [4.78, 5) is 16.4. The highest BCUT2D eigenvalue weighted by Gasteiger charge is 2.15. The van der Waals surface area contributed by atoms with Crippen LogP contribution < -0.4 is 16.0 Å². The summed E-state index contributed by atoms with van der Waals surface area (Å²) in [6.07, 6.45) is 6.30. The summed E-state index contributed by atoms with van der Waals surface area (Å²) in [6.45, 7) is 3.62. The Morgan fingerprint density at radius 1 is 1.24 bits per heavy atom. The van der Waals surface area contributed by atoms with Gasteiger partial charge in [-0.15, -0.1) is 0 Å². The van der Waals surface area contributed by atoms with E-state index >= 15 is 0 Å². The van der Waals surface area contributed by atoms with Gasteiger partial charge in [-0.2, -0.15) is 0 Å². The molecule has 0 bridgehead atoms. The molecule has 1 aromatic rings. The molecule has 0 spiro atoms. The Bertz CT molecular complexity index is 570. The van der Waals surface area contributed by atoms with Gasteiger partial charge in [0.05, 0.1) is 6.54 Å². The standard InChI is InChI=1S/C19H29FN4O/c1-2-21-19(23-14-15-7-6-8-16(20)13-15)22-12-11-18(25)24-17-9-4-3-5-10-17/h6-8,13,17H,2-5,9-12,14H2,1H3,(H,24,25)(H2,21,22,23). The van der Waals surface area contributed by atoms with Gasteiger partial charge in [-0.1, -0.05) is 31.4 Å². The third kappa shape index (κ3) is 7.54. The monoisotopic (exact) mass is 348 g/mol. The molecule has 1 fully saturated rings. The largest absolute Gasteiger partial charge is 0.357 e. The molecule has 6 heteroatoms. The minimum Gasteiger partial charge on any atom is -0.357 e. The van der Waals surface area contributed by atoms with E-state index in [4.69, 9.17) is 0 Å². The molecule has 0 saturated heterocycles. The normalized spacial score (nSPS) is 15.7. The van der Waals surface area contributed by atoms with Crippen LogP contribution in [-0.2, 0) is 11.3 Å². The maximum atomic E-state index is 13.2. The lowest BCUT2D eigenvalue weighted by molar-refractivity contribution is -0.121. The fraction of sp³-hybridized carbons (Fsp3) is 0.579. The van der Waals surface area contributed by atoms with Crippen LogP contribution in [0, 0.1) is 5.82 Å². The SMILES string of the molecule is CCNC(=NCc1cccc(F)c1)NCCC(=O)NC1CCCCC1. The van der Waals surface area contributed by atoms with Crippen molar-refractivity contribution in [1.29, 1.82) is 0 Å². The van der Waals surface area contributed by atoms with Crippen LogP contribution in [0.15, 0.2) is 29.3 Å². The minimum atomic E-state index is -0.259. The Labute approximate surface area is 149 Å². The maximum Gasteiger partial charge on any atom is 0.221 e. The molecule has 138 valence electrons. The van der Waals surface area contributed by atoms with Crippen LogP contribution in [0.1, 0.15) is 51.0 Å². The molecule has 1 amide bonds. The highest BCUT2D eigenvalue weighted by atomic mass is 19.1. The number of halogens is 1. The Hall–Kier alpha value is -2.11. The topological polar surface area (TPSA) is 65.5 Å². The molecule has 0 atom stereocenters. The first kappa shape index (κ1) is 19.2. The van der Waals surface area contributed by atoms with Crippen molar-refractivity contribution in [2.24, 2.45) is 4.99 Å². The Morgan fingerprint density at radius 3 is 2.76 bits per heavy atom. The number of hydrogen-bond acceptors (Lipinski definition) is 2. The number of aliphatic imine (C=N–C) groups is 1. The van der Waals surface area contributed by atoms with Crippen molar-refractivity contribution < 1.29 is 9.18 Å². The van der Waals surface area contributed by atoms with Crippen molar-refractivity contribution in [3.8, 4) is 0 Å². The van der Waals surface area contributed by atoms with E-state index in [1.54, 1.807) is 6.07 Å². The quantitative estimate of drug-likeness (QED) is 0.524. The summed E-state index contributed by atoms with van der Waals surface area (Å²) >= 11 is 0. The van der Waals surface area contributed by atoms with Crippen molar-refractivity contribution in [2.75, 3.05) is 13.1 Å². The zero-order chi connectivity index (χ0) is 17.9. The number of rotatable bonds is 7. The summed E-state index contributed by atoms with van der Waals surface area (Å²) < 4.78 is 13.2. The van der Waals surface area contributed by atoms with Crippen LogP contribution >= 0.6 is 0 Å². The second-order valence-corrected chi connectivity index (χ2v) is 6.40. The molecule has 1 aliphatic rings. The van der Waals surface area contributed by atoms with E-state index in [0.717, 1.165) is 24.9 Å². The third-order valence-corrected chi connectivity index (χ3v) is 4.27. The Kier molecular flexibility index (Phi) is 8.22. The molecule has 0 heterocycles. The second kappa shape index (κ2) is 10.7. The fourth-order valence-electron chi connectivity index (χ4n) is 2.99. The lowest BCUT2D eigenvalue weighted by Gasteiger charge is -2.22. The van der Waals surface area contributed by atoms with Crippen molar-refractivity contribution in [2.45, 2.75) is 58.0 Å². The molecule has 5 nitrogen and oxygen atoms in total. The van der Waals surface area contributed by atoms with Crippen molar-refractivity contribution in [3.05, 3.63) is 35.6 Å². The summed E-state index contributed by atoms with van der Waals surface area (Å²) in [7, 11) is 0. The van der Waals surface area contributed by atoms with Crippen molar-refractivity contribution in [1.82, 2.24) is 16.0 Å².